The van der Waals surface area contributed by atoms with E-state index in [-0.39, 0.29) is 11.4 Å². The first-order chi connectivity index (χ1) is 10.3. The summed E-state index contributed by atoms with van der Waals surface area (Å²) in [6.07, 6.45) is 7.74. The number of nitrogens with zero attached hydrogens (tertiary/aromatic N) is 2. The van der Waals surface area contributed by atoms with Crippen molar-refractivity contribution in [3.05, 3.63) is 36.3 Å². The van der Waals surface area contributed by atoms with Crippen molar-refractivity contribution in [3.8, 4) is 0 Å². The van der Waals surface area contributed by atoms with E-state index >= 15 is 0 Å². The summed E-state index contributed by atoms with van der Waals surface area (Å²) in [6, 6.07) is 6.11. The Balaban J connectivity index is 1.68. The first-order valence-corrected chi connectivity index (χ1v) is 7.54. The predicted molar refractivity (Wildman–Crippen MR) is 80.0 cm³/mol. The summed E-state index contributed by atoms with van der Waals surface area (Å²) >= 11 is 0. The quantitative estimate of drug-likeness (QED) is 0.879. The fraction of sp³-hybridized carbons (Fsp3) is 0.438. The smallest absolute Gasteiger partial charge is 0.272 e. The van der Waals surface area contributed by atoms with Gasteiger partial charge in [0.15, 0.2) is 5.69 Å². The number of carbonyl (C=O) groups excluding carboxylic acids is 1. The topological polar surface area (TPSA) is 66.9 Å². The van der Waals surface area contributed by atoms with Crippen LogP contribution >= 0.6 is 0 Å². The first kappa shape index (κ1) is 12.7. The third-order valence-electron chi connectivity index (χ3n) is 4.84. The van der Waals surface area contributed by atoms with Crippen molar-refractivity contribution in [2.75, 3.05) is 6.54 Å². The first-order valence-electron chi connectivity index (χ1n) is 7.54. The van der Waals surface area contributed by atoms with Gasteiger partial charge in [0, 0.05) is 23.8 Å². The maximum Gasteiger partial charge on any atom is 0.272 e. The summed E-state index contributed by atoms with van der Waals surface area (Å²) in [5.41, 5.74) is 1.02. The number of carbonyl (C=O) groups is 1. The van der Waals surface area contributed by atoms with Gasteiger partial charge in [0.05, 0.1) is 5.54 Å². The minimum absolute atomic E-state index is 0.0876. The molecular formula is C16H18N4O. The zero-order valence-electron chi connectivity index (χ0n) is 11.8. The van der Waals surface area contributed by atoms with Gasteiger partial charge in [-0.2, -0.15) is 0 Å². The van der Waals surface area contributed by atoms with Crippen LogP contribution in [0.25, 0.3) is 10.9 Å². The molecule has 3 heterocycles. The molecule has 2 unspecified atom stereocenters. The van der Waals surface area contributed by atoms with Crippen molar-refractivity contribution in [3.63, 3.8) is 0 Å². The molecule has 1 saturated carbocycles. The van der Waals surface area contributed by atoms with E-state index in [2.05, 4.69) is 20.6 Å². The standard InChI is InChI=1S/C16H18N4O/c21-15(20-16-6-1-4-12(16)17-10-7-16)14-13-11(5-9-19-14)3-2-8-18-13/h2-3,5,8-9,12,17H,1,4,6-7,10H2,(H,20,21). The van der Waals surface area contributed by atoms with Gasteiger partial charge in [-0.25, -0.2) is 4.98 Å². The largest absolute Gasteiger partial charge is 0.344 e. The van der Waals surface area contributed by atoms with Crippen molar-refractivity contribution in [1.29, 1.82) is 0 Å². The van der Waals surface area contributed by atoms with E-state index in [0.29, 0.717) is 17.3 Å². The van der Waals surface area contributed by atoms with E-state index in [1.807, 2.05) is 18.2 Å². The van der Waals surface area contributed by atoms with Crippen LogP contribution in [0.15, 0.2) is 30.6 Å². The molecule has 108 valence electrons. The van der Waals surface area contributed by atoms with Crippen LogP contribution in [0, 0.1) is 0 Å². The molecule has 5 heteroatoms. The molecule has 0 spiro atoms. The SMILES string of the molecule is O=C(NC12CCCC1NCC2)c1nccc2cccnc12. The van der Waals surface area contributed by atoms with Crippen molar-refractivity contribution in [2.45, 2.75) is 37.3 Å². The zero-order chi connectivity index (χ0) is 14.3. The van der Waals surface area contributed by atoms with E-state index in [4.69, 9.17) is 0 Å². The molecule has 1 saturated heterocycles. The molecule has 2 atom stereocenters. The maximum absolute atomic E-state index is 12.7. The van der Waals surface area contributed by atoms with Crippen molar-refractivity contribution < 1.29 is 4.79 Å². The normalized spacial score (nSPS) is 27.7. The Kier molecular flexibility index (Phi) is 2.89. The minimum Gasteiger partial charge on any atom is -0.344 e. The highest BCUT2D eigenvalue weighted by Gasteiger charge is 2.47. The van der Waals surface area contributed by atoms with Crippen LogP contribution in [0.3, 0.4) is 0 Å². The van der Waals surface area contributed by atoms with E-state index in [0.717, 1.165) is 31.2 Å². The molecule has 0 bridgehead atoms. The number of fused-ring (bicyclic) bond motifs is 2. The van der Waals surface area contributed by atoms with Gasteiger partial charge in [0.1, 0.15) is 5.52 Å². The number of amides is 1. The average molecular weight is 282 g/mol. The van der Waals surface area contributed by atoms with Gasteiger partial charge in [-0.15, -0.1) is 0 Å². The Hall–Kier alpha value is -2.01. The summed E-state index contributed by atoms with van der Waals surface area (Å²) < 4.78 is 0. The molecule has 0 aromatic carbocycles. The van der Waals surface area contributed by atoms with Crippen LogP contribution in [0.5, 0.6) is 0 Å². The van der Waals surface area contributed by atoms with Gasteiger partial charge in [-0.05, 0) is 44.4 Å². The van der Waals surface area contributed by atoms with E-state index in [9.17, 15) is 4.79 Å². The highest BCUT2D eigenvalue weighted by atomic mass is 16.2. The van der Waals surface area contributed by atoms with Gasteiger partial charge in [0.25, 0.3) is 5.91 Å². The second-order valence-corrected chi connectivity index (χ2v) is 5.99. The van der Waals surface area contributed by atoms with Crippen LogP contribution in [0.4, 0.5) is 0 Å². The molecule has 2 N–H and O–H groups in total. The van der Waals surface area contributed by atoms with Gasteiger partial charge < -0.3 is 10.6 Å². The van der Waals surface area contributed by atoms with Crippen molar-refractivity contribution in [2.24, 2.45) is 0 Å². The van der Waals surface area contributed by atoms with Crippen LogP contribution in [0.1, 0.15) is 36.2 Å². The predicted octanol–water partition coefficient (Wildman–Crippen LogP) is 1.64. The van der Waals surface area contributed by atoms with Crippen LogP contribution in [-0.2, 0) is 0 Å². The lowest BCUT2D eigenvalue weighted by molar-refractivity contribution is 0.0894. The van der Waals surface area contributed by atoms with E-state index < -0.39 is 0 Å². The van der Waals surface area contributed by atoms with Crippen LogP contribution in [-0.4, -0.2) is 34.0 Å². The van der Waals surface area contributed by atoms with Crippen molar-refractivity contribution >= 4 is 16.8 Å². The fourth-order valence-electron chi connectivity index (χ4n) is 3.81. The fourth-order valence-corrected chi connectivity index (χ4v) is 3.81. The second kappa shape index (κ2) is 4.77. The van der Waals surface area contributed by atoms with Gasteiger partial charge in [0.2, 0.25) is 0 Å². The summed E-state index contributed by atoms with van der Waals surface area (Å²) in [4.78, 5) is 21.3. The lowest BCUT2D eigenvalue weighted by Crippen LogP contribution is -2.53. The number of hydrogen-bond acceptors (Lipinski definition) is 4. The summed E-state index contributed by atoms with van der Waals surface area (Å²) in [5, 5.41) is 7.71. The molecule has 4 rings (SSSR count). The molecule has 2 fully saturated rings. The van der Waals surface area contributed by atoms with Crippen LogP contribution in [0.2, 0.25) is 0 Å². The Bertz CT molecular complexity index is 684. The lowest BCUT2D eigenvalue weighted by Gasteiger charge is -2.30. The molecule has 5 nitrogen and oxygen atoms in total. The molecule has 2 aromatic rings. The molecule has 2 aromatic heterocycles. The maximum atomic E-state index is 12.7. The number of pyridine rings is 2. The number of rotatable bonds is 2. The Morgan fingerprint density at radius 3 is 3.19 bits per heavy atom. The molecule has 0 radical (unpaired) electrons. The Labute approximate surface area is 123 Å². The number of nitrogens with one attached hydrogen (secondary N) is 2. The number of aromatic nitrogens is 2. The summed E-state index contributed by atoms with van der Waals surface area (Å²) in [5.74, 6) is -0.102. The van der Waals surface area contributed by atoms with Crippen LogP contribution < -0.4 is 10.6 Å². The third-order valence-corrected chi connectivity index (χ3v) is 4.84. The van der Waals surface area contributed by atoms with Crippen molar-refractivity contribution in [1.82, 2.24) is 20.6 Å². The monoisotopic (exact) mass is 282 g/mol. The summed E-state index contributed by atoms with van der Waals surface area (Å²) in [7, 11) is 0. The zero-order valence-corrected chi connectivity index (χ0v) is 11.8. The average Bonchev–Trinajstić information content (AvgIpc) is 3.06. The van der Waals surface area contributed by atoms with Gasteiger partial charge >= 0.3 is 0 Å². The number of hydrogen-bond donors (Lipinski definition) is 2. The molecule has 1 aliphatic carbocycles. The van der Waals surface area contributed by atoms with Gasteiger partial charge in [-0.3, -0.25) is 9.78 Å². The highest BCUT2D eigenvalue weighted by molar-refractivity contribution is 6.03. The highest BCUT2D eigenvalue weighted by Crippen LogP contribution is 2.36. The molecule has 1 aliphatic heterocycles. The Morgan fingerprint density at radius 2 is 2.24 bits per heavy atom. The summed E-state index contributed by atoms with van der Waals surface area (Å²) in [6.45, 7) is 0.978. The molecule has 1 amide bonds. The van der Waals surface area contributed by atoms with E-state index in [1.165, 1.54) is 6.42 Å². The lowest BCUT2D eigenvalue weighted by atomic mass is 9.93. The van der Waals surface area contributed by atoms with E-state index in [1.54, 1.807) is 12.4 Å². The Morgan fingerprint density at radius 1 is 1.29 bits per heavy atom. The van der Waals surface area contributed by atoms with Gasteiger partial charge in [-0.1, -0.05) is 6.07 Å². The molecule has 21 heavy (non-hydrogen) atoms. The molecular weight excluding hydrogens is 264 g/mol. The second-order valence-electron chi connectivity index (χ2n) is 5.99. The minimum atomic E-state index is -0.102. The molecule has 2 aliphatic rings. The third kappa shape index (κ3) is 2.00.